The van der Waals surface area contributed by atoms with E-state index in [2.05, 4.69) is 19.2 Å². The minimum absolute atomic E-state index is 0.259. The summed E-state index contributed by atoms with van der Waals surface area (Å²) in [6, 6.07) is 5.30. The smallest absolute Gasteiger partial charge is 0.337 e. The Morgan fingerprint density at radius 2 is 1.86 bits per heavy atom. The third kappa shape index (κ3) is 3.97. The lowest BCUT2D eigenvalue weighted by atomic mass is 9.71. The van der Waals surface area contributed by atoms with Crippen molar-refractivity contribution in [3.63, 3.8) is 0 Å². The number of benzene rings is 1. The SMILES string of the molecule is Cc1ccc(NCC2(O)CCC(C)(C)CC2)c(C(=O)O)c1. The number of nitrogens with one attached hydrogen (secondary N) is 1. The summed E-state index contributed by atoms with van der Waals surface area (Å²) in [4.78, 5) is 11.3. The molecule has 0 unspecified atom stereocenters. The van der Waals surface area contributed by atoms with Crippen molar-refractivity contribution in [2.45, 2.75) is 52.1 Å². The van der Waals surface area contributed by atoms with Crippen LogP contribution in [0.25, 0.3) is 0 Å². The van der Waals surface area contributed by atoms with Crippen LogP contribution >= 0.6 is 0 Å². The zero-order valence-corrected chi connectivity index (χ0v) is 13.1. The van der Waals surface area contributed by atoms with Gasteiger partial charge >= 0.3 is 5.97 Å². The third-order valence-electron chi connectivity index (χ3n) is 4.55. The van der Waals surface area contributed by atoms with Gasteiger partial charge < -0.3 is 15.5 Å². The van der Waals surface area contributed by atoms with Crippen LogP contribution in [-0.2, 0) is 0 Å². The summed E-state index contributed by atoms with van der Waals surface area (Å²) in [5.74, 6) is -0.946. The van der Waals surface area contributed by atoms with Crippen molar-refractivity contribution in [3.05, 3.63) is 29.3 Å². The molecule has 0 saturated heterocycles. The first-order valence-corrected chi connectivity index (χ1v) is 7.51. The Bertz CT molecular complexity index is 527. The predicted molar refractivity (Wildman–Crippen MR) is 83.8 cm³/mol. The van der Waals surface area contributed by atoms with Gasteiger partial charge in [0.15, 0.2) is 0 Å². The van der Waals surface area contributed by atoms with E-state index in [1.54, 1.807) is 12.1 Å². The molecular formula is C17H25NO3. The molecular weight excluding hydrogens is 266 g/mol. The summed E-state index contributed by atoms with van der Waals surface area (Å²) in [7, 11) is 0. The van der Waals surface area contributed by atoms with E-state index in [0.29, 0.717) is 17.6 Å². The minimum atomic E-state index is -0.946. The quantitative estimate of drug-likeness (QED) is 0.795. The Labute approximate surface area is 126 Å². The lowest BCUT2D eigenvalue weighted by Crippen LogP contribution is -2.42. The molecule has 0 aliphatic heterocycles. The van der Waals surface area contributed by atoms with Crippen molar-refractivity contribution in [3.8, 4) is 0 Å². The second-order valence-electron chi connectivity index (χ2n) is 7.10. The number of rotatable bonds is 4. The van der Waals surface area contributed by atoms with Crippen molar-refractivity contribution < 1.29 is 15.0 Å². The van der Waals surface area contributed by atoms with Crippen LogP contribution in [0.1, 0.15) is 55.5 Å². The number of carbonyl (C=O) groups is 1. The maximum Gasteiger partial charge on any atom is 0.337 e. The maximum absolute atomic E-state index is 11.3. The van der Waals surface area contributed by atoms with Crippen LogP contribution in [0.4, 0.5) is 5.69 Å². The van der Waals surface area contributed by atoms with Crippen molar-refractivity contribution in [2.75, 3.05) is 11.9 Å². The fraction of sp³-hybridized carbons (Fsp3) is 0.588. The van der Waals surface area contributed by atoms with Crippen molar-refractivity contribution in [2.24, 2.45) is 5.41 Å². The van der Waals surface area contributed by atoms with Crippen molar-refractivity contribution in [1.82, 2.24) is 0 Å². The normalized spacial score (nSPS) is 20.0. The zero-order chi connectivity index (χ0) is 15.7. The van der Waals surface area contributed by atoms with Crippen LogP contribution in [0.2, 0.25) is 0 Å². The molecule has 1 aliphatic rings. The highest BCUT2D eigenvalue weighted by Crippen LogP contribution is 2.40. The highest BCUT2D eigenvalue weighted by atomic mass is 16.4. The van der Waals surface area contributed by atoms with Crippen LogP contribution in [0.3, 0.4) is 0 Å². The molecule has 4 nitrogen and oxygen atoms in total. The summed E-state index contributed by atoms with van der Waals surface area (Å²) in [6.07, 6.45) is 3.48. The lowest BCUT2D eigenvalue weighted by molar-refractivity contribution is -0.0145. The van der Waals surface area contributed by atoms with Gasteiger partial charge in [0.1, 0.15) is 0 Å². The van der Waals surface area contributed by atoms with Gasteiger partial charge in [-0.2, -0.15) is 0 Å². The van der Waals surface area contributed by atoms with E-state index in [9.17, 15) is 15.0 Å². The molecule has 21 heavy (non-hydrogen) atoms. The fourth-order valence-electron chi connectivity index (χ4n) is 2.82. The van der Waals surface area contributed by atoms with Gasteiger partial charge in [-0.25, -0.2) is 4.79 Å². The molecule has 0 heterocycles. The molecule has 1 aromatic rings. The Hall–Kier alpha value is -1.55. The molecule has 116 valence electrons. The van der Waals surface area contributed by atoms with Gasteiger partial charge in [-0.1, -0.05) is 25.5 Å². The van der Waals surface area contributed by atoms with Crippen LogP contribution in [0, 0.1) is 12.3 Å². The molecule has 1 aromatic carbocycles. The summed E-state index contributed by atoms with van der Waals surface area (Å²) in [5, 5.41) is 23.0. The average molecular weight is 291 g/mol. The molecule has 0 atom stereocenters. The van der Waals surface area contributed by atoms with E-state index < -0.39 is 11.6 Å². The summed E-state index contributed by atoms with van der Waals surface area (Å²) >= 11 is 0. The first-order valence-electron chi connectivity index (χ1n) is 7.51. The summed E-state index contributed by atoms with van der Waals surface area (Å²) in [5.41, 5.74) is 1.30. The van der Waals surface area contributed by atoms with Gasteiger partial charge in [-0.15, -0.1) is 0 Å². The second-order valence-corrected chi connectivity index (χ2v) is 7.10. The molecule has 1 aliphatic carbocycles. The minimum Gasteiger partial charge on any atom is -0.478 e. The number of carboxylic acids is 1. The predicted octanol–water partition coefficient (Wildman–Crippen LogP) is 3.44. The van der Waals surface area contributed by atoms with Gasteiger partial charge in [0.2, 0.25) is 0 Å². The molecule has 0 amide bonds. The molecule has 0 aromatic heterocycles. The van der Waals surface area contributed by atoms with Gasteiger partial charge in [0.05, 0.1) is 11.2 Å². The summed E-state index contributed by atoms with van der Waals surface area (Å²) < 4.78 is 0. The average Bonchev–Trinajstić information content (AvgIpc) is 2.41. The molecule has 2 rings (SSSR count). The van der Waals surface area contributed by atoms with E-state index in [1.165, 1.54) is 0 Å². The molecule has 1 saturated carbocycles. The van der Waals surface area contributed by atoms with Gasteiger partial charge in [0, 0.05) is 12.2 Å². The third-order valence-corrected chi connectivity index (χ3v) is 4.55. The molecule has 0 radical (unpaired) electrons. The largest absolute Gasteiger partial charge is 0.478 e. The fourth-order valence-corrected chi connectivity index (χ4v) is 2.82. The Morgan fingerprint density at radius 3 is 2.43 bits per heavy atom. The number of hydrogen-bond acceptors (Lipinski definition) is 3. The highest BCUT2D eigenvalue weighted by molar-refractivity contribution is 5.94. The van der Waals surface area contributed by atoms with Crippen molar-refractivity contribution in [1.29, 1.82) is 0 Å². The number of anilines is 1. The van der Waals surface area contributed by atoms with Gasteiger partial charge in [0.25, 0.3) is 0 Å². The molecule has 0 bridgehead atoms. The molecule has 1 fully saturated rings. The van der Waals surface area contributed by atoms with Crippen LogP contribution < -0.4 is 5.32 Å². The van der Waals surface area contributed by atoms with Crippen LogP contribution in [0.15, 0.2) is 18.2 Å². The highest BCUT2D eigenvalue weighted by Gasteiger charge is 2.36. The molecule has 0 spiro atoms. The van der Waals surface area contributed by atoms with E-state index in [1.807, 2.05) is 13.0 Å². The Morgan fingerprint density at radius 1 is 1.24 bits per heavy atom. The van der Waals surface area contributed by atoms with Gasteiger partial charge in [-0.05, 0) is 50.2 Å². The number of aromatic carboxylic acids is 1. The topological polar surface area (TPSA) is 69.6 Å². The number of hydrogen-bond donors (Lipinski definition) is 3. The first-order chi connectivity index (χ1) is 9.71. The van der Waals surface area contributed by atoms with E-state index in [-0.39, 0.29) is 5.56 Å². The Balaban J connectivity index is 2.05. The monoisotopic (exact) mass is 291 g/mol. The van der Waals surface area contributed by atoms with E-state index >= 15 is 0 Å². The number of aryl methyl sites for hydroxylation is 1. The standard InChI is InChI=1S/C17H25NO3/c1-12-4-5-14(13(10-12)15(19)20)18-11-17(21)8-6-16(2,3)7-9-17/h4-5,10,18,21H,6-9,11H2,1-3H3,(H,19,20). The second kappa shape index (κ2) is 5.68. The lowest BCUT2D eigenvalue weighted by Gasteiger charge is -2.40. The zero-order valence-electron chi connectivity index (χ0n) is 13.1. The number of carboxylic acid groups (broad SMARTS) is 1. The van der Waals surface area contributed by atoms with E-state index in [0.717, 1.165) is 31.2 Å². The molecule has 4 heteroatoms. The number of aliphatic hydroxyl groups is 1. The molecule has 3 N–H and O–H groups in total. The maximum atomic E-state index is 11.3. The first kappa shape index (κ1) is 15.8. The van der Waals surface area contributed by atoms with E-state index in [4.69, 9.17) is 0 Å². The van der Waals surface area contributed by atoms with Crippen LogP contribution in [-0.4, -0.2) is 28.3 Å². The van der Waals surface area contributed by atoms with Gasteiger partial charge in [-0.3, -0.25) is 0 Å². The van der Waals surface area contributed by atoms with Crippen LogP contribution in [0.5, 0.6) is 0 Å². The van der Waals surface area contributed by atoms with Crippen molar-refractivity contribution >= 4 is 11.7 Å². The summed E-state index contributed by atoms with van der Waals surface area (Å²) in [6.45, 7) is 6.71. The Kier molecular flexibility index (Phi) is 4.28.